The number of hydrogen-bond acceptors (Lipinski definition) is 3. The highest BCUT2D eigenvalue weighted by atomic mass is 16.5. The van der Waals surface area contributed by atoms with Crippen molar-refractivity contribution < 1.29 is 14.6 Å². The van der Waals surface area contributed by atoms with Crippen LogP contribution >= 0.6 is 0 Å². The van der Waals surface area contributed by atoms with E-state index in [-0.39, 0.29) is 13.0 Å². The zero-order valence-corrected chi connectivity index (χ0v) is 11.5. The van der Waals surface area contributed by atoms with Crippen LogP contribution in [0.1, 0.15) is 24.6 Å². The van der Waals surface area contributed by atoms with E-state index >= 15 is 0 Å². The minimum absolute atomic E-state index is 0.243. The van der Waals surface area contributed by atoms with Gasteiger partial charge in [0.1, 0.15) is 0 Å². The number of rotatable bonds is 6. The predicted octanol–water partition coefficient (Wildman–Crippen LogP) is 2.40. The molecule has 1 aromatic carbocycles. The number of hydrogen-bond donors (Lipinski definition) is 2. The van der Waals surface area contributed by atoms with E-state index in [0.717, 1.165) is 5.56 Å². The minimum Gasteiger partial charge on any atom is -0.464 e. The van der Waals surface area contributed by atoms with E-state index in [9.17, 15) is 9.90 Å². The van der Waals surface area contributed by atoms with Gasteiger partial charge in [0.15, 0.2) is 0 Å². The average molecular weight is 273 g/mol. The maximum absolute atomic E-state index is 12.1. The molecule has 0 aliphatic rings. The molecule has 1 aromatic heterocycles. The molecule has 0 aliphatic carbocycles. The summed E-state index contributed by atoms with van der Waals surface area (Å²) < 4.78 is 5.01. The standard InChI is InChI=1S/C16H19NO3/c1-2-20-15(18)16(19,14-9-6-12-17-14)11-10-13-7-4-3-5-8-13/h3-9,12,17,19H,2,10-11H2,1H3/t16-/m1/s1. The van der Waals surface area contributed by atoms with Gasteiger partial charge in [0.05, 0.1) is 12.3 Å². The smallest absolute Gasteiger partial charge is 0.344 e. The van der Waals surface area contributed by atoms with Crippen LogP contribution < -0.4 is 0 Å². The van der Waals surface area contributed by atoms with E-state index in [1.165, 1.54) is 0 Å². The Labute approximate surface area is 118 Å². The van der Waals surface area contributed by atoms with Gasteiger partial charge in [-0.05, 0) is 37.5 Å². The Morgan fingerprint density at radius 1 is 1.25 bits per heavy atom. The summed E-state index contributed by atoms with van der Waals surface area (Å²) in [4.78, 5) is 15.0. The molecule has 0 saturated heterocycles. The molecule has 0 radical (unpaired) electrons. The molecule has 2 aromatic rings. The Kier molecular flexibility index (Phi) is 4.58. The van der Waals surface area contributed by atoms with Crippen molar-refractivity contribution in [3.63, 3.8) is 0 Å². The summed E-state index contributed by atoms with van der Waals surface area (Å²) in [5, 5.41) is 10.7. The second-order valence-electron chi connectivity index (χ2n) is 4.65. The number of aryl methyl sites for hydroxylation is 1. The van der Waals surface area contributed by atoms with E-state index in [4.69, 9.17) is 4.74 Å². The first kappa shape index (κ1) is 14.3. The number of benzene rings is 1. The molecule has 1 atom stereocenters. The van der Waals surface area contributed by atoms with E-state index in [2.05, 4.69) is 4.98 Å². The average Bonchev–Trinajstić information content (AvgIpc) is 3.01. The fourth-order valence-electron chi connectivity index (χ4n) is 2.15. The maximum Gasteiger partial charge on any atom is 0.344 e. The van der Waals surface area contributed by atoms with Crippen LogP contribution in [0.4, 0.5) is 0 Å². The van der Waals surface area contributed by atoms with E-state index in [1.54, 1.807) is 25.3 Å². The molecule has 0 fully saturated rings. The quantitative estimate of drug-likeness (QED) is 0.794. The first-order valence-corrected chi connectivity index (χ1v) is 6.74. The Bertz CT molecular complexity index is 536. The van der Waals surface area contributed by atoms with Crippen molar-refractivity contribution in [1.29, 1.82) is 0 Å². The lowest BCUT2D eigenvalue weighted by atomic mass is 9.91. The summed E-state index contributed by atoms with van der Waals surface area (Å²) in [7, 11) is 0. The fourth-order valence-corrected chi connectivity index (χ4v) is 2.15. The normalized spacial score (nSPS) is 13.7. The molecule has 106 valence electrons. The first-order chi connectivity index (χ1) is 9.66. The molecule has 0 amide bonds. The van der Waals surface area contributed by atoms with Gasteiger partial charge in [0.25, 0.3) is 0 Å². The van der Waals surface area contributed by atoms with Crippen LogP contribution in [-0.2, 0) is 21.6 Å². The number of aromatic nitrogens is 1. The van der Waals surface area contributed by atoms with Crippen LogP contribution in [0.2, 0.25) is 0 Å². The van der Waals surface area contributed by atoms with E-state index < -0.39 is 11.6 Å². The summed E-state index contributed by atoms with van der Waals surface area (Å²) in [6.45, 7) is 1.97. The lowest BCUT2D eigenvalue weighted by Gasteiger charge is -2.25. The molecule has 0 bridgehead atoms. The third-order valence-corrected chi connectivity index (χ3v) is 3.27. The molecule has 4 heteroatoms. The van der Waals surface area contributed by atoms with Crippen molar-refractivity contribution in [1.82, 2.24) is 4.98 Å². The van der Waals surface area contributed by atoms with E-state index in [1.807, 2.05) is 30.3 Å². The molecule has 20 heavy (non-hydrogen) atoms. The van der Waals surface area contributed by atoms with Crippen molar-refractivity contribution in [2.75, 3.05) is 6.61 Å². The van der Waals surface area contributed by atoms with Crippen molar-refractivity contribution in [2.24, 2.45) is 0 Å². The minimum atomic E-state index is -1.63. The van der Waals surface area contributed by atoms with Gasteiger partial charge in [-0.15, -0.1) is 0 Å². The number of carbonyl (C=O) groups excluding carboxylic acids is 1. The van der Waals surface area contributed by atoms with Crippen LogP contribution in [0.15, 0.2) is 48.7 Å². The third-order valence-electron chi connectivity index (χ3n) is 3.27. The molecule has 0 aliphatic heterocycles. The fraction of sp³-hybridized carbons (Fsp3) is 0.312. The van der Waals surface area contributed by atoms with Crippen molar-refractivity contribution >= 4 is 5.97 Å². The second kappa shape index (κ2) is 6.39. The number of esters is 1. The summed E-state index contributed by atoms with van der Waals surface area (Å²) >= 11 is 0. The summed E-state index contributed by atoms with van der Waals surface area (Å²) in [5.74, 6) is -0.613. The van der Waals surface area contributed by atoms with Crippen molar-refractivity contribution in [3.8, 4) is 0 Å². The van der Waals surface area contributed by atoms with Gasteiger partial charge in [0, 0.05) is 6.20 Å². The van der Waals surface area contributed by atoms with Gasteiger partial charge in [-0.25, -0.2) is 4.79 Å². The summed E-state index contributed by atoms with van der Waals surface area (Å²) in [5.41, 5.74) is -0.0938. The van der Waals surface area contributed by atoms with Gasteiger partial charge >= 0.3 is 5.97 Å². The Hall–Kier alpha value is -2.07. The summed E-state index contributed by atoms with van der Waals surface area (Å²) in [6.07, 6.45) is 2.55. The number of carbonyl (C=O) groups is 1. The number of ether oxygens (including phenoxy) is 1. The number of aliphatic hydroxyl groups is 1. The Morgan fingerprint density at radius 2 is 2.00 bits per heavy atom. The van der Waals surface area contributed by atoms with Gasteiger partial charge in [-0.2, -0.15) is 0 Å². The molecule has 2 N–H and O–H groups in total. The Balaban J connectivity index is 2.17. The molecular weight excluding hydrogens is 254 g/mol. The van der Waals surface area contributed by atoms with E-state index in [0.29, 0.717) is 12.1 Å². The van der Waals surface area contributed by atoms with Crippen LogP contribution in [0.25, 0.3) is 0 Å². The molecular formula is C16H19NO3. The molecule has 0 unspecified atom stereocenters. The zero-order chi connectivity index (χ0) is 14.4. The number of aromatic amines is 1. The molecule has 1 heterocycles. The highest BCUT2D eigenvalue weighted by Crippen LogP contribution is 2.27. The molecule has 0 spiro atoms. The largest absolute Gasteiger partial charge is 0.464 e. The molecule has 2 rings (SSSR count). The van der Waals surface area contributed by atoms with Gasteiger partial charge < -0.3 is 14.8 Å². The highest BCUT2D eigenvalue weighted by Gasteiger charge is 2.40. The van der Waals surface area contributed by atoms with Crippen LogP contribution in [0.3, 0.4) is 0 Å². The third kappa shape index (κ3) is 3.08. The van der Waals surface area contributed by atoms with Crippen molar-refractivity contribution in [3.05, 3.63) is 59.9 Å². The van der Waals surface area contributed by atoms with Crippen LogP contribution in [0, 0.1) is 0 Å². The number of nitrogens with one attached hydrogen (secondary N) is 1. The van der Waals surface area contributed by atoms with Gasteiger partial charge in [0.2, 0.25) is 5.60 Å². The first-order valence-electron chi connectivity index (χ1n) is 6.74. The number of H-pyrrole nitrogens is 1. The molecule has 4 nitrogen and oxygen atoms in total. The SMILES string of the molecule is CCOC(=O)[C@@](O)(CCc1ccccc1)c1ccc[nH]1. The molecule has 0 saturated carbocycles. The zero-order valence-electron chi connectivity index (χ0n) is 11.5. The maximum atomic E-state index is 12.1. The van der Waals surface area contributed by atoms with Crippen molar-refractivity contribution in [2.45, 2.75) is 25.4 Å². The predicted molar refractivity (Wildman–Crippen MR) is 76.1 cm³/mol. The van der Waals surface area contributed by atoms with Gasteiger partial charge in [-0.1, -0.05) is 30.3 Å². The van der Waals surface area contributed by atoms with Gasteiger partial charge in [-0.3, -0.25) is 0 Å². The highest BCUT2D eigenvalue weighted by molar-refractivity contribution is 5.80. The topological polar surface area (TPSA) is 62.3 Å². The lowest BCUT2D eigenvalue weighted by Crippen LogP contribution is -2.38. The van der Waals surface area contributed by atoms with Crippen LogP contribution in [0.5, 0.6) is 0 Å². The lowest BCUT2D eigenvalue weighted by molar-refractivity contribution is -0.167. The monoisotopic (exact) mass is 273 g/mol. The Morgan fingerprint density at radius 3 is 2.60 bits per heavy atom. The van der Waals surface area contributed by atoms with Crippen LogP contribution in [-0.4, -0.2) is 22.7 Å². The second-order valence-corrected chi connectivity index (χ2v) is 4.65. The summed E-state index contributed by atoms with van der Waals surface area (Å²) in [6, 6.07) is 13.2.